The number of halogens is 1. The highest BCUT2D eigenvalue weighted by molar-refractivity contribution is 9.12. The van der Waals surface area contributed by atoms with Crippen molar-refractivity contribution in [1.29, 1.82) is 0 Å². The average Bonchev–Trinajstić information content (AvgIpc) is 2.28. The van der Waals surface area contributed by atoms with Crippen molar-refractivity contribution < 1.29 is 14.5 Å². The molecular formula is C10H8BrNO4. The molecular weight excluding hydrogens is 278 g/mol. The van der Waals surface area contributed by atoms with Gasteiger partial charge < -0.3 is 4.74 Å². The number of esters is 1. The Morgan fingerprint density at radius 2 is 2.00 bits per heavy atom. The van der Waals surface area contributed by atoms with Crippen molar-refractivity contribution in [1.82, 2.24) is 0 Å². The molecule has 1 rings (SSSR count). The number of non-ortho nitro benzene ring substituents is 1. The van der Waals surface area contributed by atoms with E-state index in [0.717, 1.165) is 0 Å². The van der Waals surface area contributed by atoms with Gasteiger partial charge in [-0.3, -0.25) is 10.1 Å². The number of carbonyl (C=O) groups excluding carboxylic acids is 1. The first-order valence-electron chi connectivity index (χ1n) is 4.24. The molecule has 0 N–H and O–H groups in total. The van der Waals surface area contributed by atoms with Crippen LogP contribution in [0.1, 0.15) is 5.56 Å². The Bertz CT molecular complexity index is 439. The molecule has 0 atom stereocenters. The van der Waals surface area contributed by atoms with Crippen LogP contribution in [0.2, 0.25) is 0 Å². The average molecular weight is 286 g/mol. The Morgan fingerprint density at radius 1 is 1.44 bits per heavy atom. The zero-order valence-electron chi connectivity index (χ0n) is 8.34. The van der Waals surface area contributed by atoms with Crippen LogP contribution in [0.25, 0.3) is 6.08 Å². The van der Waals surface area contributed by atoms with Crippen LogP contribution in [-0.4, -0.2) is 18.0 Å². The Hall–Kier alpha value is -1.69. The van der Waals surface area contributed by atoms with Crippen molar-refractivity contribution in [2.75, 3.05) is 7.11 Å². The molecule has 0 saturated heterocycles. The van der Waals surface area contributed by atoms with E-state index in [9.17, 15) is 14.9 Å². The van der Waals surface area contributed by atoms with Gasteiger partial charge in [0.05, 0.1) is 12.0 Å². The highest BCUT2D eigenvalue weighted by atomic mass is 79.9. The SMILES string of the molecule is COC(=O)/C(Br)=C/c1ccc([N+](=O)[O-])cc1. The van der Waals surface area contributed by atoms with Crippen LogP contribution in [0, 0.1) is 10.1 Å². The lowest BCUT2D eigenvalue weighted by Crippen LogP contribution is -1.98. The van der Waals surface area contributed by atoms with Crippen molar-refractivity contribution in [2.45, 2.75) is 0 Å². The Kier molecular flexibility index (Phi) is 4.19. The summed E-state index contributed by atoms with van der Waals surface area (Å²) in [5.41, 5.74) is 0.675. The largest absolute Gasteiger partial charge is 0.465 e. The maximum atomic E-state index is 11.0. The zero-order valence-corrected chi connectivity index (χ0v) is 9.93. The van der Waals surface area contributed by atoms with Gasteiger partial charge in [-0.1, -0.05) is 0 Å². The van der Waals surface area contributed by atoms with Crippen LogP contribution in [-0.2, 0) is 9.53 Å². The molecule has 0 aliphatic rings. The molecule has 1 aromatic carbocycles. The molecule has 0 bridgehead atoms. The van der Waals surface area contributed by atoms with E-state index >= 15 is 0 Å². The van der Waals surface area contributed by atoms with Crippen molar-refractivity contribution in [3.05, 3.63) is 44.4 Å². The molecule has 0 spiro atoms. The third-order valence-electron chi connectivity index (χ3n) is 1.78. The Morgan fingerprint density at radius 3 is 2.44 bits per heavy atom. The molecule has 0 heterocycles. The summed E-state index contributed by atoms with van der Waals surface area (Å²) in [6.45, 7) is 0. The van der Waals surface area contributed by atoms with Gasteiger partial charge in [-0.25, -0.2) is 4.79 Å². The number of rotatable bonds is 3. The molecule has 16 heavy (non-hydrogen) atoms. The summed E-state index contributed by atoms with van der Waals surface area (Å²) in [5.74, 6) is -0.502. The number of hydrogen-bond acceptors (Lipinski definition) is 4. The van der Waals surface area contributed by atoms with Crippen LogP contribution in [0.5, 0.6) is 0 Å². The minimum Gasteiger partial charge on any atom is -0.465 e. The van der Waals surface area contributed by atoms with Gasteiger partial charge in [-0.15, -0.1) is 0 Å². The van der Waals surface area contributed by atoms with Gasteiger partial charge in [0.15, 0.2) is 0 Å². The predicted molar refractivity (Wildman–Crippen MR) is 62.0 cm³/mol. The number of benzene rings is 1. The van der Waals surface area contributed by atoms with Gasteiger partial charge in [0.2, 0.25) is 0 Å². The fraction of sp³-hybridized carbons (Fsp3) is 0.100. The van der Waals surface area contributed by atoms with E-state index in [4.69, 9.17) is 0 Å². The highest BCUT2D eigenvalue weighted by Crippen LogP contribution is 2.17. The van der Waals surface area contributed by atoms with E-state index in [-0.39, 0.29) is 10.2 Å². The van der Waals surface area contributed by atoms with Crippen molar-refractivity contribution >= 4 is 33.7 Å². The van der Waals surface area contributed by atoms with Crippen LogP contribution in [0.15, 0.2) is 28.7 Å². The Labute approximate surface area is 100.0 Å². The van der Waals surface area contributed by atoms with Gasteiger partial charge in [-0.2, -0.15) is 0 Å². The van der Waals surface area contributed by atoms with E-state index < -0.39 is 10.9 Å². The second-order valence-corrected chi connectivity index (χ2v) is 3.69. The minimum absolute atomic E-state index is 0.00587. The number of methoxy groups -OCH3 is 1. The monoisotopic (exact) mass is 285 g/mol. The number of hydrogen-bond donors (Lipinski definition) is 0. The molecule has 0 radical (unpaired) electrons. The summed E-state index contributed by atoms with van der Waals surface area (Å²) >= 11 is 3.04. The lowest BCUT2D eigenvalue weighted by molar-refractivity contribution is -0.384. The molecule has 0 fully saturated rings. The molecule has 5 nitrogen and oxygen atoms in total. The van der Waals surface area contributed by atoms with Crippen molar-refractivity contribution in [3.8, 4) is 0 Å². The minimum atomic E-state index is -0.502. The summed E-state index contributed by atoms with van der Waals surface area (Å²) in [7, 11) is 1.27. The van der Waals surface area contributed by atoms with Crippen LogP contribution in [0.4, 0.5) is 5.69 Å². The van der Waals surface area contributed by atoms with Gasteiger partial charge in [-0.05, 0) is 39.7 Å². The topological polar surface area (TPSA) is 69.4 Å². The first-order chi connectivity index (χ1) is 7.54. The van der Waals surface area contributed by atoms with E-state index in [0.29, 0.717) is 5.56 Å². The number of carbonyl (C=O) groups is 1. The lowest BCUT2D eigenvalue weighted by atomic mass is 10.2. The third kappa shape index (κ3) is 3.16. The zero-order chi connectivity index (χ0) is 12.1. The smallest absolute Gasteiger partial charge is 0.344 e. The van der Waals surface area contributed by atoms with Crippen LogP contribution >= 0.6 is 15.9 Å². The van der Waals surface area contributed by atoms with Crippen molar-refractivity contribution in [2.24, 2.45) is 0 Å². The molecule has 0 unspecified atom stereocenters. The van der Waals surface area contributed by atoms with Gasteiger partial charge >= 0.3 is 5.97 Å². The number of nitro benzene ring substituents is 1. The fourth-order valence-corrected chi connectivity index (χ4v) is 1.42. The molecule has 6 heteroatoms. The maximum Gasteiger partial charge on any atom is 0.344 e. The summed E-state index contributed by atoms with van der Waals surface area (Å²) in [4.78, 5) is 21.0. The lowest BCUT2D eigenvalue weighted by Gasteiger charge is -1.97. The first-order valence-corrected chi connectivity index (χ1v) is 5.04. The molecule has 0 aliphatic carbocycles. The summed E-state index contributed by atoms with van der Waals surface area (Å²) in [6.07, 6.45) is 1.52. The number of ether oxygens (including phenoxy) is 1. The number of nitro groups is 1. The van der Waals surface area contributed by atoms with E-state index in [1.54, 1.807) is 12.1 Å². The molecule has 1 aromatic rings. The Balaban J connectivity index is 2.91. The normalized spacial score (nSPS) is 11.0. The summed E-state index contributed by atoms with van der Waals surface area (Å²) in [5, 5.41) is 10.4. The van der Waals surface area contributed by atoms with Gasteiger partial charge in [0, 0.05) is 12.1 Å². The standard InChI is InChI=1S/C10H8BrNO4/c1-16-10(13)9(11)6-7-2-4-8(5-3-7)12(14)15/h2-6H,1H3/b9-6-. The van der Waals surface area contributed by atoms with E-state index in [1.807, 2.05) is 0 Å². The number of nitrogens with zero attached hydrogens (tertiary/aromatic N) is 1. The molecule has 0 aromatic heterocycles. The molecule has 84 valence electrons. The highest BCUT2D eigenvalue weighted by Gasteiger charge is 2.06. The molecule has 0 saturated carbocycles. The summed E-state index contributed by atoms with van der Waals surface area (Å²) in [6, 6.07) is 5.82. The third-order valence-corrected chi connectivity index (χ3v) is 2.33. The fourth-order valence-electron chi connectivity index (χ4n) is 0.995. The van der Waals surface area contributed by atoms with Gasteiger partial charge in [0.1, 0.15) is 4.48 Å². The van der Waals surface area contributed by atoms with E-state index in [1.165, 1.54) is 25.3 Å². The quantitative estimate of drug-likeness (QED) is 0.370. The van der Waals surface area contributed by atoms with Crippen LogP contribution in [0.3, 0.4) is 0 Å². The van der Waals surface area contributed by atoms with Crippen molar-refractivity contribution in [3.63, 3.8) is 0 Å². The van der Waals surface area contributed by atoms with Crippen LogP contribution < -0.4 is 0 Å². The second-order valence-electron chi connectivity index (χ2n) is 2.83. The maximum absolute atomic E-state index is 11.0. The summed E-state index contributed by atoms with van der Waals surface area (Å²) < 4.78 is 4.74. The molecule has 0 amide bonds. The van der Waals surface area contributed by atoms with E-state index in [2.05, 4.69) is 20.7 Å². The van der Waals surface area contributed by atoms with Gasteiger partial charge in [0.25, 0.3) is 5.69 Å². The second kappa shape index (κ2) is 5.41. The first kappa shape index (κ1) is 12.4. The predicted octanol–water partition coefficient (Wildman–Crippen LogP) is 2.50. The molecule has 0 aliphatic heterocycles.